The van der Waals surface area contributed by atoms with Crippen molar-refractivity contribution in [2.75, 3.05) is 18.0 Å². The van der Waals surface area contributed by atoms with Crippen LogP contribution in [0.2, 0.25) is 0 Å². The van der Waals surface area contributed by atoms with Gasteiger partial charge in [0.15, 0.2) is 0 Å². The third-order valence-electron chi connectivity index (χ3n) is 5.24. The van der Waals surface area contributed by atoms with Gasteiger partial charge in [-0.2, -0.15) is 0 Å². The molecule has 3 rings (SSSR count). The Morgan fingerprint density at radius 3 is 2.24 bits per heavy atom. The summed E-state index contributed by atoms with van der Waals surface area (Å²) in [5.41, 5.74) is -0.0405. The number of carbonyl (C=O) groups excluding carboxylic acids is 1. The summed E-state index contributed by atoms with van der Waals surface area (Å²) in [5.74, 6) is -2.59. The molecule has 1 heterocycles. The second kappa shape index (κ2) is 7.37. The molecule has 136 valence electrons. The van der Waals surface area contributed by atoms with E-state index in [1.54, 1.807) is 4.90 Å². The number of halogens is 2. The first-order valence-corrected chi connectivity index (χ1v) is 8.68. The number of rotatable bonds is 4. The third-order valence-corrected chi connectivity index (χ3v) is 5.24. The number of nitrogens with zero attached hydrogens (tertiary/aromatic N) is 1. The summed E-state index contributed by atoms with van der Waals surface area (Å²) in [6.45, 7) is 0.850. The van der Waals surface area contributed by atoms with Gasteiger partial charge in [-0.15, -0.1) is 0 Å². The molecule has 1 amide bonds. The Balaban J connectivity index is 1.53. The van der Waals surface area contributed by atoms with Gasteiger partial charge in [0.05, 0.1) is 5.92 Å². The monoisotopic (exact) mass is 352 g/mol. The van der Waals surface area contributed by atoms with E-state index >= 15 is 0 Å². The highest BCUT2D eigenvalue weighted by molar-refractivity contribution is 5.79. The normalized spacial score (nSPS) is 26.5. The zero-order valence-electron chi connectivity index (χ0n) is 13.9. The molecular formula is C18H22F2N2O3. The van der Waals surface area contributed by atoms with Gasteiger partial charge in [0, 0.05) is 25.0 Å². The van der Waals surface area contributed by atoms with E-state index in [0.29, 0.717) is 45.2 Å². The molecule has 0 aromatic heterocycles. The van der Waals surface area contributed by atoms with Crippen molar-refractivity contribution in [2.24, 2.45) is 11.8 Å². The van der Waals surface area contributed by atoms with Crippen LogP contribution < -0.4 is 10.2 Å². The zero-order chi connectivity index (χ0) is 18.0. The van der Waals surface area contributed by atoms with Gasteiger partial charge in [-0.3, -0.25) is 9.59 Å². The number of anilines is 1. The predicted molar refractivity (Wildman–Crippen MR) is 88.2 cm³/mol. The quantitative estimate of drug-likeness (QED) is 0.874. The predicted octanol–water partition coefficient (Wildman–Crippen LogP) is 2.55. The van der Waals surface area contributed by atoms with Crippen molar-refractivity contribution in [3.8, 4) is 0 Å². The topological polar surface area (TPSA) is 69.6 Å². The van der Waals surface area contributed by atoms with Crippen molar-refractivity contribution in [1.82, 2.24) is 5.32 Å². The maximum absolute atomic E-state index is 13.9. The number of nitrogens with one attached hydrogen (secondary N) is 1. The summed E-state index contributed by atoms with van der Waals surface area (Å²) in [6, 6.07) is 3.64. The van der Waals surface area contributed by atoms with Crippen molar-refractivity contribution in [3.05, 3.63) is 29.8 Å². The molecule has 1 aromatic carbocycles. The zero-order valence-corrected chi connectivity index (χ0v) is 13.9. The van der Waals surface area contributed by atoms with Crippen LogP contribution in [0.5, 0.6) is 0 Å². The van der Waals surface area contributed by atoms with Gasteiger partial charge in [-0.1, -0.05) is 6.07 Å². The standard InChI is InChI=1S/C18H22F2N2O3/c19-14-2-1-3-15(20)16(14)22-9-8-13(10-22)21-17(23)11-4-6-12(7-5-11)18(24)25/h1-3,11-13H,4-10H2,(H,21,23)(H,24,25). The first kappa shape index (κ1) is 17.6. The number of para-hydroxylation sites is 1. The van der Waals surface area contributed by atoms with Gasteiger partial charge in [0.2, 0.25) is 5.91 Å². The molecule has 1 aromatic rings. The lowest BCUT2D eigenvalue weighted by molar-refractivity contribution is -0.144. The minimum atomic E-state index is -0.794. The molecule has 1 atom stereocenters. The second-order valence-electron chi connectivity index (χ2n) is 6.90. The van der Waals surface area contributed by atoms with Crippen LogP contribution in [0.1, 0.15) is 32.1 Å². The fraction of sp³-hybridized carbons (Fsp3) is 0.556. The van der Waals surface area contributed by atoms with Crippen LogP contribution in [-0.4, -0.2) is 36.1 Å². The number of hydrogen-bond donors (Lipinski definition) is 2. The molecule has 0 spiro atoms. The molecule has 2 N–H and O–H groups in total. The number of carboxylic acids is 1. The van der Waals surface area contributed by atoms with Crippen molar-refractivity contribution >= 4 is 17.6 Å². The maximum Gasteiger partial charge on any atom is 0.306 e. The van der Waals surface area contributed by atoms with E-state index in [1.165, 1.54) is 18.2 Å². The van der Waals surface area contributed by atoms with Crippen LogP contribution in [0.25, 0.3) is 0 Å². The summed E-state index contributed by atoms with van der Waals surface area (Å²) in [5, 5.41) is 12.0. The van der Waals surface area contributed by atoms with Gasteiger partial charge in [-0.25, -0.2) is 8.78 Å². The van der Waals surface area contributed by atoms with Crippen LogP contribution in [-0.2, 0) is 9.59 Å². The van der Waals surface area contributed by atoms with Crippen molar-refractivity contribution < 1.29 is 23.5 Å². The molecule has 0 bridgehead atoms. The number of carboxylic acid groups (broad SMARTS) is 1. The molecule has 7 heteroatoms. The van der Waals surface area contributed by atoms with Crippen molar-refractivity contribution in [1.29, 1.82) is 0 Å². The van der Waals surface area contributed by atoms with E-state index in [-0.39, 0.29) is 29.5 Å². The molecule has 1 aliphatic carbocycles. The minimum absolute atomic E-state index is 0.0405. The summed E-state index contributed by atoms with van der Waals surface area (Å²) in [6.07, 6.45) is 2.81. The Morgan fingerprint density at radius 1 is 1.04 bits per heavy atom. The van der Waals surface area contributed by atoms with Gasteiger partial charge in [-0.05, 0) is 44.2 Å². The van der Waals surface area contributed by atoms with Crippen LogP contribution in [0.3, 0.4) is 0 Å². The average Bonchev–Trinajstić information content (AvgIpc) is 3.02. The number of hydrogen-bond acceptors (Lipinski definition) is 3. The molecule has 2 fully saturated rings. The van der Waals surface area contributed by atoms with E-state index in [1.807, 2.05) is 0 Å². The highest BCUT2D eigenvalue weighted by atomic mass is 19.1. The van der Waals surface area contributed by atoms with E-state index in [9.17, 15) is 18.4 Å². The Hall–Kier alpha value is -2.18. The van der Waals surface area contributed by atoms with E-state index in [0.717, 1.165) is 0 Å². The number of aliphatic carboxylic acids is 1. The minimum Gasteiger partial charge on any atom is -0.481 e. The molecule has 1 saturated carbocycles. The van der Waals surface area contributed by atoms with Crippen molar-refractivity contribution in [2.45, 2.75) is 38.1 Å². The fourth-order valence-electron chi connectivity index (χ4n) is 3.79. The van der Waals surface area contributed by atoms with Crippen LogP contribution in [0.15, 0.2) is 18.2 Å². The molecule has 25 heavy (non-hydrogen) atoms. The van der Waals surface area contributed by atoms with Crippen molar-refractivity contribution in [3.63, 3.8) is 0 Å². The molecule has 1 unspecified atom stereocenters. The van der Waals surface area contributed by atoms with Gasteiger partial charge < -0.3 is 15.3 Å². The Bertz CT molecular complexity index is 639. The first-order chi connectivity index (χ1) is 12.0. The highest BCUT2D eigenvalue weighted by Crippen LogP contribution is 2.30. The lowest BCUT2D eigenvalue weighted by atomic mass is 9.81. The molecule has 0 radical (unpaired) electrons. The molecule has 1 aliphatic heterocycles. The first-order valence-electron chi connectivity index (χ1n) is 8.68. The van der Waals surface area contributed by atoms with Gasteiger partial charge in [0.1, 0.15) is 17.3 Å². The van der Waals surface area contributed by atoms with Crippen LogP contribution in [0.4, 0.5) is 14.5 Å². The summed E-state index contributed by atoms with van der Waals surface area (Å²) in [7, 11) is 0. The number of benzene rings is 1. The summed E-state index contributed by atoms with van der Waals surface area (Å²) in [4.78, 5) is 25.0. The van der Waals surface area contributed by atoms with Crippen LogP contribution in [0, 0.1) is 23.5 Å². The Morgan fingerprint density at radius 2 is 1.64 bits per heavy atom. The van der Waals surface area contributed by atoms with Gasteiger partial charge >= 0.3 is 5.97 Å². The van der Waals surface area contributed by atoms with Gasteiger partial charge in [0.25, 0.3) is 0 Å². The molecular weight excluding hydrogens is 330 g/mol. The second-order valence-corrected chi connectivity index (χ2v) is 6.90. The molecule has 1 saturated heterocycles. The lowest BCUT2D eigenvalue weighted by Gasteiger charge is -2.26. The largest absolute Gasteiger partial charge is 0.481 e. The third kappa shape index (κ3) is 3.91. The maximum atomic E-state index is 13.9. The Labute approximate surface area is 145 Å². The highest BCUT2D eigenvalue weighted by Gasteiger charge is 2.32. The van der Waals surface area contributed by atoms with E-state index in [2.05, 4.69) is 5.32 Å². The lowest BCUT2D eigenvalue weighted by Crippen LogP contribution is -2.42. The summed E-state index contributed by atoms with van der Waals surface area (Å²) >= 11 is 0. The van der Waals surface area contributed by atoms with E-state index < -0.39 is 17.6 Å². The molecule has 2 aliphatic rings. The number of amides is 1. The smallest absolute Gasteiger partial charge is 0.306 e. The molecule has 5 nitrogen and oxygen atoms in total. The van der Waals surface area contributed by atoms with E-state index in [4.69, 9.17) is 5.11 Å². The summed E-state index contributed by atoms with van der Waals surface area (Å²) < 4.78 is 27.7. The fourth-order valence-corrected chi connectivity index (χ4v) is 3.79. The average molecular weight is 352 g/mol. The number of carbonyl (C=O) groups is 2. The Kier molecular flexibility index (Phi) is 5.20. The van der Waals surface area contributed by atoms with Crippen LogP contribution >= 0.6 is 0 Å². The SMILES string of the molecule is O=C(O)C1CCC(C(=O)NC2CCN(c3c(F)cccc3F)C2)CC1.